The summed E-state index contributed by atoms with van der Waals surface area (Å²) < 4.78 is 18.6. The molecule has 164 valence electrons. The third-order valence-electron chi connectivity index (χ3n) is 4.66. The maximum atomic E-state index is 12.9. The van der Waals surface area contributed by atoms with Gasteiger partial charge in [-0.2, -0.15) is 4.99 Å². The fourth-order valence-corrected chi connectivity index (χ4v) is 4.36. The minimum Gasteiger partial charge on any atom is -0.492 e. The van der Waals surface area contributed by atoms with Crippen LogP contribution in [-0.4, -0.2) is 29.7 Å². The summed E-state index contributed by atoms with van der Waals surface area (Å²) in [6.45, 7) is 4.07. The maximum absolute atomic E-state index is 12.9. The van der Waals surface area contributed by atoms with E-state index in [0.29, 0.717) is 28.8 Å². The predicted molar refractivity (Wildman–Crippen MR) is 120 cm³/mol. The number of thiazole rings is 1. The molecule has 0 saturated heterocycles. The van der Waals surface area contributed by atoms with E-state index in [1.807, 2.05) is 19.1 Å². The summed E-state index contributed by atoms with van der Waals surface area (Å²) in [5.74, 6) is -0.672. The molecule has 0 unspecified atom stereocenters. The molecule has 4 rings (SSSR count). The Labute approximate surface area is 186 Å². The SMILES string of the molecule is CCOC(=O)Cn1c(=NC(=O)c2coc3ccccc3c2=O)sc2cccc(OCC)c21. The van der Waals surface area contributed by atoms with E-state index in [2.05, 4.69) is 4.99 Å². The lowest BCUT2D eigenvalue weighted by atomic mass is 10.2. The monoisotopic (exact) mass is 452 g/mol. The number of fused-ring (bicyclic) bond motifs is 2. The Morgan fingerprint density at radius 3 is 2.69 bits per heavy atom. The minimum absolute atomic E-state index is 0.156. The van der Waals surface area contributed by atoms with Gasteiger partial charge in [0.2, 0.25) is 5.43 Å². The smallest absolute Gasteiger partial charge is 0.326 e. The van der Waals surface area contributed by atoms with Crippen molar-refractivity contribution in [3.8, 4) is 5.75 Å². The molecule has 0 bridgehead atoms. The molecule has 32 heavy (non-hydrogen) atoms. The summed E-state index contributed by atoms with van der Waals surface area (Å²) in [4.78, 5) is 42.4. The van der Waals surface area contributed by atoms with Crippen LogP contribution < -0.4 is 15.0 Å². The first kappa shape index (κ1) is 21.5. The second-order valence-corrected chi connectivity index (χ2v) is 7.71. The number of ether oxygens (including phenoxy) is 2. The third-order valence-corrected chi connectivity index (χ3v) is 5.71. The summed E-state index contributed by atoms with van der Waals surface area (Å²) in [5.41, 5.74) is 0.363. The molecule has 0 atom stereocenters. The van der Waals surface area contributed by atoms with Crippen molar-refractivity contribution in [3.63, 3.8) is 0 Å². The molecule has 0 saturated carbocycles. The Hall–Kier alpha value is -3.72. The van der Waals surface area contributed by atoms with Gasteiger partial charge >= 0.3 is 5.97 Å². The molecule has 0 aliphatic rings. The van der Waals surface area contributed by atoms with E-state index in [0.717, 1.165) is 11.0 Å². The van der Waals surface area contributed by atoms with Crippen LogP contribution in [0, 0.1) is 0 Å². The molecule has 9 heteroatoms. The quantitative estimate of drug-likeness (QED) is 0.415. The lowest BCUT2D eigenvalue weighted by Gasteiger charge is -2.09. The number of carbonyl (C=O) groups is 2. The van der Waals surface area contributed by atoms with E-state index < -0.39 is 17.3 Å². The number of aromatic nitrogens is 1. The molecule has 1 amide bonds. The zero-order valence-electron chi connectivity index (χ0n) is 17.5. The number of nitrogens with zero attached hydrogens (tertiary/aromatic N) is 2. The average Bonchev–Trinajstić information content (AvgIpc) is 3.12. The van der Waals surface area contributed by atoms with Gasteiger partial charge in [0.15, 0.2) is 4.80 Å². The first-order valence-electron chi connectivity index (χ1n) is 10.0. The molecule has 0 N–H and O–H groups in total. The van der Waals surface area contributed by atoms with Crippen molar-refractivity contribution >= 4 is 44.4 Å². The highest BCUT2D eigenvalue weighted by Crippen LogP contribution is 2.27. The van der Waals surface area contributed by atoms with Crippen molar-refractivity contribution < 1.29 is 23.5 Å². The predicted octanol–water partition coefficient (Wildman–Crippen LogP) is 3.51. The molecule has 0 aliphatic carbocycles. The molecular formula is C23H20N2O6S. The molecule has 0 aliphatic heterocycles. The van der Waals surface area contributed by atoms with Crippen LogP contribution in [0.4, 0.5) is 0 Å². The van der Waals surface area contributed by atoms with Gasteiger partial charge in [0.05, 0.1) is 23.3 Å². The van der Waals surface area contributed by atoms with Gasteiger partial charge in [0.25, 0.3) is 5.91 Å². The van der Waals surface area contributed by atoms with Gasteiger partial charge in [0.1, 0.15) is 35.2 Å². The highest BCUT2D eigenvalue weighted by Gasteiger charge is 2.18. The van der Waals surface area contributed by atoms with Crippen LogP contribution in [0.3, 0.4) is 0 Å². The van der Waals surface area contributed by atoms with Crippen LogP contribution in [0.5, 0.6) is 5.75 Å². The number of carbonyl (C=O) groups excluding carboxylic acids is 2. The molecule has 0 spiro atoms. The van der Waals surface area contributed by atoms with Gasteiger partial charge in [-0.25, -0.2) is 0 Å². The Balaban J connectivity index is 1.88. The van der Waals surface area contributed by atoms with Crippen LogP contribution >= 0.6 is 11.3 Å². The van der Waals surface area contributed by atoms with Crippen molar-refractivity contribution in [1.82, 2.24) is 4.57 Å². The highest BCUT2D eigenvalue weighted by molar-refractivity contribution is 7.16. The van der Waals surface area contributed by atoms with E-state index in [1.165, 1.54) is 11.3 Å². The second-order valence-electron chi connectivity index (χ2n) is 6.70. The lowest BCUT2D eigenvalue weighted by molar-refractivity contribution is -0.143. The number of rotatable bonds is 6. The number of amides is 1. The molecule has 2 aromatic carbocycles. The summed E-state index contributed by atoms with van der Waals surface area (Å²) in [7, 11) is 0. The van der Waals surface area contributed by atoms with Crippen LogP contribution in [-0.2, 0) is 16.1 Å². The number of hydrogen-bond donors (Lipinski definition) is 0. The van der Waals surface area contributed by atoms with Gasteiger partial charge in [-0.1, -0.05) is 29.5 Å². The molecule has 2 heterocycles. The van der Waals surface area contributed by atoms with Gasteiger partial charge in [0, 0.05) is 0 Å². The van der Waals surface area contributed by atoms with Gasteiger partial charge in [-0.3, -0.25) is 14.4 Å². The van der Waals surface area contributed by atoms with Crippen molar-refractivity contribution in [1.29, 1.82) is 0 Å². The number of para-hydroxylation sites is 2. The zero-order valence-corrected chi connectivity index (χ0v) is 18.3. The summed E-state index contributed by atoms with van der Waals surface area (Å²) >= 11 is 1.21. The number of hydrogen-bond acceptors (Lipinski definition) is 7. The Morgan fingerprint density at radius 1 is 1.09 bits per heavy atom. The first-order chi connectivity index (χ1) is 15.5. The Bertz CT molecular complexity index is 1450. The molecule has 2 aromatic heterocycles. The van der Waals surface area contributed by atoms with Crippen molar-refractivity contribution in [3.05, 3.63) is 69.3 Å². The van der Waals surface area contributed by atoms with E-state index in [1.54, 1.807) is 41.8 Å². The van der Waals surface area contributed by atoms with Gasteiger partial charge in [-0.15, -0.1) is 0 Å². The molecular weight excluding hydrogens is 432 g/mol. The van der Waals surface area contributed by atoms with Crippen molar-refractivity contribution in [2.75, 3.05) is 13.2 Å². The molecule has 0 fully saturated rings. The zero-order chi connectivity index (χ0) is 22.7. The topological polar surface area (TPSA) is 100 Å². The minimum atomic E-state index is -0.758. The number of benzene rings is 2. The molecule has 4 aromatic rings. The van der Waals surface area contributed by atoms with E-state index in [-0.39, 0.29) is 23.5 Å². The lowest BCUT2D eigenvalue weighted by Crippen LogP contribution is -2.24. The average molecular weight is 452 g/mol. The van der Waals surface area contributed by atoms with E-state index in [9.17, 15) is 14.4 Å². The van der Waals surface area contributed by atoms with Gasteiger partial charge < -0.3 is 18.5 Å². The Morgan fingerprint density at radius 2 is 1.91 bits per heavy atom. The largest absolute Gasteiger partial charge is 0.492 e. The standard InChI is InChI=1S/C23H20N2O6S/c1-3-29-17-10-7-11-18-20(17)25(12-19(26)30-4-2)23(32-18)24-22(28)15-13-31-16-9-6-5-8-14(16)21(15)27/h5-11,13H,3-4,12H2,1-2H3. The first-order valence-corrected chi connectivity index (χ1v) is 10.9. The Kier molecular flexibility index (Phi) is 6.18. The summed E-state index contributed by atoms with van der Waals surface area (Å²) in [5, 5.41) is 0.294. The summed E-state index contributed by atoms with van der Waals surface area (Å²) in [6, 6.07) is 12.1. The van der Waals surface area contributed by atoms with E-state index in [4.69, 9.17) is 13.9 Å². The van der Waals surface area contributed by atoms with Gasteiger partial charge in [-0.05, 0) is 38.1 Å². The fraction of sp³-hybridized carbons (Fsp3) is 0.217. The van der Waals surface area contributed by atoms with Crippen LogP contribution in [0.15, 0.2) is 62.9 Å². The van der Waals surface area contributed by atoms with Crippen LogP contribution in [0.2, 0.25) is 0 Å². The van der Waals surface area contributed by atoms with Crippen molar-refractivity contribution in [2.45, 2.75) is 20.4 Å². The molecule has 0 radical (unpaired) electrons. The normalized spacial score (nSPS) is 11.8. The fourth-order valence-electron chi connectivity index (χ4n) is 3.31. The summed E-state index contributed by atoms with van der Waals surface area (Å²) in [6.07, 6.45) is 1.12. The molecule has 8 nitrogen and oxygen atoms in total. The van der Waals surface area contributed by atoms with Crippen LogP contribution in [0.25, 0.3) is 21.2 Å². The highest BCUT2D eigenvalue weighted by atomic mass is 32.1. The third kappa shape index (κ3) is 4.06. The van der Waals surface area contributed by atoms with Crippen LogP contribution in [0.1, 0.15) is 24.2 Å². The number of esters is 1. The van der Waals surface area contributed by atoms with Crippen molar-refractivity contribution in [2.24, 2.45) is 4.99 Å². The van der Waals surface area contributed by atoms with E-state index >= 15 is 0 Å². The second kappa shape index (κ2) is 9.19. The maximum Gasteiger partial charge on any atom is 0.326 e.